The van der Waals surface area contributed by atoms with Crippen molar-refractivity contribution in [1.29, 1.82) is 0 Å². The van der Waals surface area contributed by atoms with E-state index in [1.165, 1.54) is 23.0 Å². The number of rotatable bonds is 9. The SMILES string of the molecule is COC(CC[P+](c1ccccc1)(c1ccccc1)c1ccccc1)(C(=O)O)c1ccccc1. The Bertz CT molecular complexity index is 1070. The van der Waals surface area contributed by atoms with Gasteiger partial charge in [0.15, 0.2) is 5.60 Å². The van der Waals surface area contributed by atoms with Gasteiger partial charge in [0.05, 0.1) is 6.16 Å². The van der Waals surface area contributed by atoms with Crippen molar-refractivity contribution in [3.63, 3.8) is 0 Å². The van der Waals surface area contributed by atoms with E-state index in [1.807, 2.05) is 48.5 Å². The van der Waals surface area contributed by atoms with Crippen LogP contribution >= 0.6 is 7.26 Å². The third-order valence-corrected chi connectivity index (χ3v) is 10.8. The monoisotopic (exact) mass is 455 g/mol. The van der Waals surface area contributed by atoms with Crippen LogP contribution in [-0.4, -0.2) is 24.3 Å². The van der Waals surface area contributed by atoms with Crippen LogP contribution in [-0.2, 0) is 15.1 Å². The van der Waals surface area contributed by atoms with Gasteiger partial charge in [-0.15, -0.1) is 0 Å². The number of aliphatic carboxylic acids is 1. The number of carboxylic acids is 1. The molecule has 1 N–H and O–H groups in total. The van der Waals surface area contributed by atoms with Gasteiger partial charge in [0.2, 0.25) is 0 Å². The van der Waals surface area contributed by atoms with Gasteiger partial charge in [-0.3, -0.25) is 0 Å². The highest BCUT2D eigenvalue weighted by molar-refractivity contribution is 7.95. The molecule has 0 heterocycles. The fourth-order valence-corrected chi connectivity index (χ4v) is 8.96. The van der Waals surface area contributed by atoms with E-state index in [1.54, 1.807) is 0 Å². The summed E-state index contributed by atoms with van der Waals surface area (Å²) in [6.07, 6.45) is 0.995. The van der Waals surface area contributed by atoms with Crippen molar-refractivity contribution in [2.45, 2.75) is 12.0 Å². The van der Waals surface area contributed by atoms with Crippen LogP contribution in [0.15, 0.2) is 121 Å². The second kappa shape index (κ2) is 10.1. The van der Waals surface area contributed by atoms with Crippen LogP contribution in [0.1, 0.15) is 12.0 Å². The summed E-state index contributed by atoms with van der Waals surface area (Å²) >= 11 is 0. The van der Waals surface area contributed by atoms with Crippen molar-refractivity contribution in [1.82, 2.24) is 0 Å². The van der Waals surface area contributed by atoms with Crippen molar-refractivity contribution in [3.05, 3.63) is 127 Å². The number of benzene rings is 4. The average Bonchev–Trinajstić information content (AvgIpc) is 2.89. The fourth-order valence-electron chi connectivity index (χ4n) is 4.60. The van der Waals surface area contributed by atoms with Gasteiger partial charge in [-0.05, 0) is 42.0 Å². The van der Waals surface area contributed by atoms with Gasteiger partial charge in [0.1, 0.15) is 23.2 Å². The molecule has 0 radical (unpaired) electrons. The summed E-state index contributed by atoms with van der Waals surface area (Å²) in [5, 5.41) is 14.1. The number of ether oxygens (including phenoxy) is 1. The van der Waals surface area contributed by atoms with E-state index in [9.17, 15) is 9.90 Å². The van der Waals surface area contributed by atoms with E-state index >= 15 is 0 Å². The maximum atomic E-state index is 12.7. The van der Waals surface area contributed by atoms with Crippen molar-refractivity contribution in [2.75, 3.05) is 13.3 Å². The Hall–Kier alpha value is -3.26. The van der Waals surface area contributed by atoms with Gasteiger partial charge >= 0.3 is 5.97 Å². The van der Waals surface area contributed by atoms with Crippen molar-refractivity contribution in [2.24, 2.45) is 0 Å². The summed E-state index contributed by atoms with van der Waals surface area (Å²) in [7, 11) is -0.672. The first-order valence-corrected chi connectivity index (χ1v) is 13.0. The van der Waals surface area contributed by atoms with E-state index in [-0.39, 0.29) is 0 Å². The summed E-state index contributed by atoms with van der Waals surface area (Å²) < 4.78 is 5.81. The number of hydrogen-bond acceptors (Lipinski definition) is 2. The highest BCUT2D eigenvalue weighted by Crippen LogP contribution is 2.57. The predicted octanol–water partition coefficient (Wildman–Crippen LogP) is 5.00. The quantitative estimate of drug-likeness (QED) is 0.362. The molecule has 0 aromatic heterocycles. The summed E-state index contributed by atoms with van der Waals surface area (Å²) in [5.74, 6) is -0.969. The Balaban J connectivity index is 1.91. The number of hydrogen-bond donors (Lipinski definition) is 1. The molecular weight excluding hydrogens is 427 g/mol. The number of carbonyl (C=O) groups is 1. The molecule has 4 aromatic rings. The molecule has 3 nitrogen and oxygen atoms in total. The molecule has 1 unspecified atom stereocenters. The third-order valence-electron chi connectivity index (χ3n) is 6.32. The number of methoxy groups -OCH3 is 1. The summed E-state index contributed by atoms with van der Waals surface area (Å²) in [5.41, 5.74) is -0.766. The largest absolute Gasteiger partial charge is 0.479 e. The summed E-state index contributed by atoms with van der Waals surface area (Å²) in [6, 6.07) is 40.8. The maximum absolute atomic E-state index is 12.7. The molecule has 1 atom stereocenters. The Morgan fingerprint density at radius 1 is 0.697 bits per heavy atom. The van der Waals surface area contributed by atoms with E-state index < -0.39 is 18.8 Å². The molecule has 166 valence electrons. The number of carboxylic acid groups (broad SMARTS) is 1. The standard InChI is InChI=1S/C29H27O3P/c1-32-29(28(30)31,24-14-6-2-7-15-24)22-23-33(25-16-8-3-9-17-25,26-18-10-4-11-19-26)27-20-12-5-13-21-27/h2-21H,22-23H2,1H3/p+1. The molecule has 0 aliphatic rings. The molecule has 4 heteroatoms. The first kappa shape index (κ1) is 22.9. The highest BCUT2D eigenvalue weighted by Gasteiger charge is 2.50. The van der Waals surface area contributed by atoms with Crippen molar-refractivity contribution in [3.8, 4) is 0 Å². The molecule has 0 aliphatic heterocycles. The molecule has 0 bridgehead atoms. The molecule has 33 heavy (non-hydrogen) atoms. The topological polar surface area (TPSA) is 46.5 Å². The van der Waals surface area contributed by atoms with Gasteiger partial charge in [0.25, 0.3) is 0 Å². The van der Waals surface area contributed by atoms with Crippen LogP contribution in [0.5, 0.6) is 0 Å². The van der Waals surface area contributed by atoms with Gasteiger partial charge in [-0.1, -0.05) is 84.9 Å². The zero-order valence-corrected chi connectivity index (χ0v) is 19.6. The Morgan fingerprint density at radius 2 is 1.06 bits per heavy atom. The normalized spacial score (nSPS) is 13.2. The molecule has 0 saturated heterocycles. The lowest BCUT2D eigenvalue weighted by atomic mass is 9.91. The molecule has 0 fully saturated rings. The molecule has 0 saturated carbocycles. The Kier molecular flexibility index (Phi) is 7.03. The third kappa shape index (κ3) is 4.35. The van der Waals surface area contributed by atoms with Crippen molar-refractivity contribution >= 4 is 29.1 Å². The molecular formula is C29H28O3P+. The average molecular weight is 456 g/mol. The lowest BCUT2D eigenvalue weighted by Crippen LogP contribution is -2.42. The van der Waals surface area contributed by atoms with Crippen LogP contribution in [0.4, 0.5) is 0 Å². The Labute approximate surface area is 196 Å². The summed E-state index contributed by atoms with van der Waals surface area (Å²) in [6.45, 7) is 0. The molecule has 0 amide bonds. The van der Waals surface area contributed by atoms with E-state index in [4.69, 9.17) is 4.74 Å². The van der Waals surface area contributed by atoms with Crippen molar-refractivity contribution < 1.29 is 14.6 Å². The zero-order valence-electron chi connectivity index (χ0n) is 18.7. The first-order chi connectivity index (χ1) is 16.1. The van der Waals surface area contributed by atoms with Gasteiger partial charge in [-0.25, -0.2) is 4.79 Å². The minimum Gasteiger partial charge on any atom is -0.479 e. The van der Waals surface area contributed by atoms with Gasteiger partial charge < -0.3 is 9.84 Å². The van der Waals surface area contributed by atoms with Gasteiger partial charge in [0, 0.05) is 13.5 Å². The van der Waals surface area contributed by atoms with E-state index in [0.29, 0.717) is 18.1 Å². The van der Waals surface area contributed by atoms with E-state index in [0.717, 1.165) is 0 Å². The smallest absolute Gasteiger partial charge is 0.340 e. The lowest BCUT2D eigenvalue weighted by molar-refractivity contribution is -0.164. The molecule has 0 spiro atoms. The highest BCUT2D eigenvalue weighted by atomic mass is 31.2. The minimum atomic E-state index is -2.17. The molecule has 0 aliphatic carbocycles. The van der Waals surface area contributed by atoms with Crippen LogP contribution < -0.4 is 15.9 Å². The fraction of sp³-hybridized carbons (Fsp3) is 0.138. The second-order valence-corrected chi connectivity index (χ2v) is 11.6. The lowest BCUT2D eigenvalue weighted by Gasteiger charge is -2.33. The minimum absolute atomic E-state index is 0.343. The Morgan fingerprint density at radius 3 is 1.39 bits per heavy atom. The van der Waals surface area contributed by atoms with Crippen LogP contribution in [0.2, 0.25) is 0 Å². The first-order valence-electron chi connectivity index (χ1n) is 11.0. The van der Waals surface area contributed by atoms with Crippen LogP contribution in [0.3, 0.4) is 0 Å². The van der Waals surface area contributed by atoms with Crippen LogP contribution in [0, 0.1) is 0 Å². The predicted molar refractivity (Wildman–Crippen MR) is 137 cm³/mol. The zero-order chi connectivity index (χ0) is 23.2. The molecule has 4 aromatic carbocycles. The van der Waals surface area contributed by atoms with Gasteiger partial charge in [-0.2, -0.15) is 0 Å². The maximum Gasteiger partial charge on any atom is 0.340 e. The molecule has 4 rings (SSSR count). The van der Waals surface area contributed by atoms with E-state index in [2.05, 4.69) is 72.8 Å². The second-order valence-electron chi connectivity index (χ2n) is 7.99. The van der Waals surface area contributed by atoms with Crippen LogP contribution in [0.25, 0.3) is 0 Å². The summed E-state index contributed by atoms with van der Waals surface area (Å²) in [4.78, 5) is 12.7.